The van der Waals surface area contributed by atoms with Gasteiger partial charge in [-0.3, -0.25) is 19.9 Å². The minimum atomic E-state index is -0.100. The molecular weight excluding hydrogens is 430 g/mol. The van der Waals surface area contributed by atoms with E-state index in [-0.39, 0.29) is 11.3 Å². The molecule has 1 aromatic carbocycles. The van der Waals surface area contributed by atoms with Crippen LogP contribution in [0.4, 0.5) is 0 Å². The second-order valence-electron chi connectivity index (χ2n) is 8.55. The number of aryl methyl sites for hydroxylation is 1. The second kappa shape index (κ2) is 9.93. The molecule has 4 heterocycles. The maximum absolute atomic E-state index is 6.13. The number of nitrogens with two attached hydrogens (primary N) is 1. The van der Waals surface area contributed by atoms with Gasteiger partial charge in [0.25, 0.3) is 0 Å². The summed E-state index contributed by atoms with van der Waals surface area (Å²) in [5.74, 6) is 0.896. The van der Waals surface area contributed by atoms with Crippen LogP contribution in [0.2, 0.25) is 0 Å². The van der Waals surface area contributed by atoms with Crippen molar-refractivity contribution in [2.45, 2.75) is 31.1 Å². The lowest BCUT2D eigenvalue weighted by atomic mass is 10.0. The molecule has 2 aliphatic rings. The molecule has 2 aliphatic heterocycles. The molecule has 2 atom stereocenters. The molecule has 1 saturated heterocycles. The van der Waals surface area contributed by atoms with Crippen LogP contribution in [-0.4, -0.2) is 46.3 Å². The minimum Gasteiger partial charge on any atom is -0.492 e. The number of pyridine rings is 2. The Hall–Kier alpha value is -2.90. The number of hydrogen-bond acceptors (Lipinski definition) is 7. The Balaban J connectivity index is 1.29. The number of nitrogens with zero attached hydrogens (tertiary/aromatic N) is 4. The zero-order chi connectivity index (χ0) is 22.6. The third-order valence-electron chi connectivity index (χ3n) is 6.15. The van der Waals surface area contributed by atoms with Crippen LogP contribution < -0.4 is 10.5 Å². The first-order valence-electron chi connectivity index (χ1n) is 11.5. The number of rotatable bonds is 7. The average Bonchev–Trinajstić information content (AvgIpc) is 3.49. The van der Waals surface area contributed by atoms with Crippen LogP contribution in [0.3, 0.4) is 0 Å². The van der Waals surface area contributed by atoms with E-state index < -0.39 is 0 Å². The van der Waals surface area contributed by atoms with Gasteiger partial charge in [-0.2, -0.15) is 0 Å². The molecule has 2 aromatic heterocycles. The Morgan fingerprint density at radius 3 is 2.70 bits per heavy atom. The molecule has 5 rings (SSSR count). The quantitative estimate of drug-likeness (QED) is 0.548. The highest BCUT2D eigenvalue weighted by molar-refractivity contribution is 8.14. The first-order valence-corrected chi connectivity index (χ1v) is 12.4. The van der Waals surface area contributed by atoms with Crippen LogP contribution in [0, 0.1) is 6.92 Å². The summed E-state index contributed by atoms with van der Waals surface area (Å²) in [7, 11) is 0. The van der Waals surface area contributed by atoms with Crippen LogP contribution in [0.1, 0.15) is 41.1 Å². The third-order valence-corrected chi connectivity index (χ3v) is 7.28. The molecule has 1 fully saturated rings. The molecule has 0 saturated carbocycles. The smallest absolute Gasteiger partial charge is 0.155 e. The first-order chi connectivity index (χ1) is 16.2. The van der Waals surface area contributed by atoms with E-state index in [1.807, 2.05) is 49.5 Å². The number of aromatic nitrogens is 2. The summed E-state index contributed by atoms with van der Waals surface area (Å²) in [6.07, 6.45) is 4.48. The predicted octanol–water partition coefficient (Wildman–Crippen LogP) is 4.77. The van der Waals surface area contributed by atoms with Gasteiger partial charge in [0.15, 0.2) is 5.17 Å². The Morgan fingerprint density at radius 2 is 1.91 bits per heavy atom. The van der Waals surface area contributed by atoms with Gasteiger partial charge in [0.2, 0.25) is 0 Å². The van der Waals surface area contributed by atoms with E-state index in [9.17, 15) is 0 Å². The monoisotopic (exact) mass is 459 g/mol. The Morgan fingerprint density at radius 1 is 1.09 bits per heavy atom. The first kappa shape index (κ1) is 21.9. The molecule has 7 heteroatoms. The van der Waals surface area contributed by atoms with Gasteiger partial charge >= 0.3 is 0 Å². The van der Waals surface area contributed by atoms with Crippen LogP contribution >= 0.6 is 11.8 Å². The average molecular weight is 460 g/mol. The van der Waals surface area contributed by atoms with Crippen molar-refractivity contribution in [2.75, 3.05) is 26.2 Å². The van der Waals surface area contributed by atoms with Crippen molar-refractivity contribution < 1.29 is 4.74 Å². The van der Waals surface area contributed by atoms with Crippen molar-refractivity contribution in [3.05, 3.63) is 77.7 Å². The van der Waals surface area contributed by atoms with Crippen molar-refractivity contribution in [1.29, 1.82) is 0 Å². The number of hydrogen-bond donors (Lipinski definition) is 1. The molecule has 0 spiro atoms. The lowest BCUT2D eigenvalue weighted by Gasteiger charge is -2.18. The molecule has 3 aromatic rings. The fraction of sp³-hybridized carbons (Fsp3) is 0.346. The van der Waals surface area contributed by atoms with Crippen molar-refractivity contribution in [1.82, 2.24) is 14.9 Å². The third kappa shape index (κ3) is 5.20. The number of ether oxygens (including phenoxy) is 1. The van der Waals surface area contributed by atoms with Gasteiger partial charge in [0.05, 0.1) is 16.6 Å². The molecule has 33 heavy (non-hydrogen) atoms. The molecule has 2 unspecified atom stereocenters. The van der Waals surface area contributed by atoms with Gasteiger partial charge in [-0.15, -0.1) is 0 Å². The van der Waals surface area contributed by atoms with Gasteiger partial charge in [-0.1, -0.05) is 17.8 Å². The summed E-state index contributed by atoms with van der Waals surface area (Å²) in [6.45, 7) is 6.11. The van der Waals surface area contributed by atoms with E-state index in [4.69, 9.17) is 15.5 Å². The van der Waals surface area contributed by atoms with Crippen molar-refractivity contribution >= 4 is 16.9 Å². The normalized spacial score (nSPS) is 20.7. The SMILES string of the molecule is Cc1cccc(C2N=C(N)SC2c2ccnc(-c3ccc(OCCN4CCCC4)cc3)c2)n1. The molecule has 0 bridgehead atoms. The van der Waals surface area contributed by atoms with Gasteiger partial charge in [0, 0.05) is 24.0 Å². The van der Waals surface area contributed by atoms with E-state index in [1.165, 1.54) is 25.9 Å². The minimum absolute atomic E-state index is 0.0780. The van der Waals surface area contributed by atoms with E-state index in [1.54, 1.807) is 11.8 Å². The van der Waals surface area contributed by atoms with Crippen LogP contribution in [0.15, 0.2) is 65.8 Å². The predicted molar refractivity (Wildman–Crippen MR) is 135 cm³/mol. The van der Waals surface area contributed by atoms with E-state index >= 15 is 0 Å². The van der Waals surface area contributed by atoms with Crippen molar-refractivity contribution in [3.8, 4) is 17.0 Å². The number of likely N-dealkylation sites (tertiary alicyclic amines) is 1. The summed E-state index contributed by atoms with van der Waals surface area (Å²) in [6, 6.07) is 18.3. The van der Waals surface area contributed by atoms with Crippen LogP contribution in [0.25, 0.3) is 11.3 Å². The number of thioether (sulfide) groups is 1. The summed E-state index contributed by atoms with van der Waals surface area (Å²) >= 11 is 1.59. The highest BCUT2D eigenvalue weighted by atomic mass is 32.2. The molecule has 170 valence electrons. The molecule has 2 N–H and O–H groups in total. The molecule has 6 nitrogen and oxygen atoms in total. The maximum Gasteiger partial charge on any atom is 0.155 e. The topological polar surface area (TPSA) is 76.6 Å². The molecule has 0 aliphatic carbocycles. The van der Waals surface area contributed by atoms with Crippen molar-refractivity contribution in [2.24, 2.45) is 10.7 Å². The number of amidine groups is 1. The number of aliphatic imine (C=N–C) groups is 1. The Labute approximate surface area is 199 Å². The molecule has 0 radical (unpaired) electrons. The van der Waals surface area contributed by atoms with Gasteiger partial charge in [0.1, 0.15) is 18.4 Å². The fourth-order valence-corrected chi connectivity index (χ4v) is 5.48. The summed E-state index contributed by atoms with van der Waals surface area (Å²) in [4.78, 5) is 16.5. The highest BCUT2D eigenvalue weighted by Gasteiger charge is 2.33. The van der Waals surface area contributed by atoms with E-state index in [0.717, 1.165) is 47.1 Å². The summed E-state index contributed by atoms with van der Waals surface area (Å²) in [5.41, 5.74) is 11.2. The second-order valence-corrected chi connectivity index (χ2v) is 9.71. The summed E-state index contributed by atoms with van der Waals surface area (Å²) < 4.78 is 5.95. The fourth-order valence-electron chi connectivity index (χ4n) is 4.43. The molecule has 0 amide bonds. The van der Waals surface area contributed by atoms with Crippen molar-refractivity contribution in [3.63, 3.8) is 0 Å². The molecular formula is C26H29N5OS. The van der Waals surface area contributed by atoms with Crippen LogP contribution in [-0.2, 0) is 0 Å². The summed E-state index contributed by atoms with van der Waals surface area (Å²) in [5, 5.41) is 0.677. The van der Waals surface area contributed by atoms with Gasteiger partial charge in [-0.25, -0.2) is 0 Å². The zero-order valence-corrected chi connectivity index (χ0v) is 19.7. The number of benzene rings is 1. The zero-order valence-electron chi connectivity index (χ0n) is 18.9. The Bertz CT molecular complexity index is 1130. The lowest BCUT2D eigenvalue weighted by molar-refractivity contribution is 0.238. The van der Waals surface area contributed by atoms with Gasteiger partial charge < -0.3 is 10.5 Å². The lowest BCUT2D eigenvalue weighted by Crippen LogP contribution is -2.25. The van der Waals surface area contributed by atoms with E-state index in [0.29, 0.717) is 5.17 Å². The maximum atomic E-state index is 6.13. The van der Waals surface area contributed by atoms with E-state index in [2.05, 4.69) is 33.1 Å². The van der Waals surface area contributed by atoms with Crippen LogP contribution in [0.5, 0.6) is 5.75 Å². The standard InChI is InChI=1S/C26H29N5OS/c1-18-5-4-6-22(29-18)24-25(33-26(27)30-24)20-11-12-28-23(17-20)19-7-9-21(10-8-19)32-16-15-31-13-2-3-14-31/h4-12,17,24-25H,2-3,13-16H2,1H3,(H2,27,30). The van der Waals surface area contributed by atoms with Gasteiger partial charge in [-0.05, 0) is 86.9 Å². The highest BCUT2D eigenvalue weighted by Crippen LogP contribution is 2.47. The largest absolute Gasteiger partial charge is 0.492 e. The Kier molecular flexibility index (Phi) is 6.60.